The number of pyridine rings is 2. The number of nitrogens with two attached hydrogens (primary N) is 1. The Morgan fingerprint density at radius 2 is 2.11 bits per heavy atom. The number of primary amides is 1. The number of halogens is 1. The summed E-state index contributed by atoms with van der Waals surface area (Å²) in [4.78, 5) is 30.8. The highest BCUT2D eigenvalue weighted by molar-refractivity contribution is 5.99. The summed E-state index contributed by atoms with van der Waals surface area (Å²) in [6.07, 6.45) is 2.19. The molecule has 28 heavy (non-hydrogen) atoms. The summed E-state index contributed by atoms with van der Waals surface area (Å²) in [5.41, 5.74) is 6.73. The van der Waals surface area contributed by atoms with Gasteiger partial charge in [0.1, 0.15) is 5.82 Å². The van der Waals surface area contributed by atoms with Gasteiger partial charge in [0.25, 0.3) is 5.91 Å². The van der Waals surface area contributed by atoms with Crippen LogP contribution in [0.1, 0.15) is 23.7 Å². The second-order valence-corrected chi connectivity index (χ2v) is 6.00. The lowest BCUT2D eigenvalue weighted by molar-refractivity contribution is -0.110. The van der Waals surface area contributed by atoms with E-state index in [0.29, 0.717) is 18.5 Å². The highest BCUT2D eigenvalue weighted by Crippen LogP contribution is 2.26. The molecule has 1 aromatic carbocycles. The van der Waals surface area contributed by atoms with E-state index in [1.807, 2.05) is 31.2 Å². The number of anilines is 3. The van der Waals surface area contributed by atoms with Crippen molar-refractivity contribution in [2.75, 3.05) is 10.6 Å². The fourth-order valence-electron chi connectivity index (χ4n) is 2.67. The van der Waals surface area contributed by atoms with Gasteiger partial charge in [0, 0.05) is 17.3 Å². The fourth-order valence-corrected chi connectivity index (χ4v) is 2.67. The standard InChI is InChI=1S/C19H19FN6O2/c1-2-16(23-10-27)25-19-14(20)9-13(17(21)28)18(26-19)24-12-5-6-15-11(8-12)4-3-7-22-15/h3-10,16H,2H2,1H3,(H2,21,28)(H,23,27)(H2,24,25,26)/t16-/m1/s1. The van der Waals surface area contributed by atoms with E-state index in [9.17, 15) is 14.0 Å². The summed E-state index contributed by atoms with van der Waals surface area (Å²) in [7, 11) is 0. The summed E-state index contributed by atoms with van der Waals surface area (Å²) in [5.74, 6) is -1.59. The maximum atomic E-state index is 14.4. The van der Waals surface area contributed by atoms with Gasteiger partial charge in [-0.15, -0.1) is 0 Å². The molecule has 2 amide bonds. The Hall–Kier alpha value is -3.75. The average Bonchev–Trinajstić information content (AvgIpc) is 2.69. The number of rotatable bonds is 8. The number of carbonyl (C=O) groups is 2. The summed E-state index contributed by atoms with van der Waals surface area (Å²) < 4.78 is 14.4. The first-order chi connectivity index (χ1) is 13.5. The summed E-state index contributed by atoms with van der Waals surface area (Å²) in [6, 6.07) is 10.1. The van der Waals surface area contributed by atoms with Crippen LogP contribution in [-0.2, 0) is 4.79 Å². The molecule has 5 N–H and O–H groups in total. The Labute approximate surface area is 160 Å². The first-order valence-electron chi connectivity index (χ1n) is 8.60. The number of hydrogen-bond acceptors (Lipinski definition) is 6. The number of nitrogens with one attached hydrogen (secondary N) is 3. The zero-order chi connectivity index (χ0) is 20.1. The van der Waals surface area contributed by atoms with Gasteiger partial charge in [-0.2, -0.15) is 0 Å². The molecule has 0 saturated heterocycles. The van der Waals surface area contributed by atoms with Crippen LogP contribution in [0.25, 0.3) is 10.9 Å². The quantitative estimate of drug-likeness (QED) is 0.351. The van der Waals surface area contributed by atoms with Crippen molar-refractivity contribution >= 4 is 40.5 Å². The van der Waals surface area contributed by atoms with E-state index in [2.05, 4.69) is 25.9 Å². The molecule has 3 rings (SSSR count). The van der Waals surface area contributed by atoms with E-state index >= 15 is 0 Å². The van der Waals surface area contributed by atoms with Crippen molar-refractivity contribution in [1.82, 2.24) is 15.3 Å². The smallest absolute Gasteiger partial charge is 0.252 e. The Balaban J connectivity index is 1.97. The lowest BCUT2D eigenvalue weighted by Crippen LogP contribution is -2.35. The zero-order valence-electron chi connectivity index (χ0n) is 15.1. The number of carbonyl (C=O) groups excluding carboxylic acids is 2. The normalized spacial score (nSPS) is 11.6. The molecule has 2 heterocycles. The molecular formula is C19H19FN6O2. The molecule has 1 atom stereocenters. The van der Waals surface area contributed by atoms with E-state index in [4.69, 9.17) is 5.73 Å². The third-order valence-electron chi connectivity index (χ3n) is 4.10. The first-order valence-corrected chi connectivity index (χ1v) is 8.60. The third-order valence-corrected chi connectivity index (χ3v) is 4.10. The van der Waals surface area contributed by atoms with Crippen molar-refractivity contribution in [3.8, 4) is 0 Å². The van der Waals surface area contributed by atoms with Gasteiger partial charge in [0.15, 0.2) is 11.6 Å². The molecule has 0 unspecified atom stereocenters. The maximum absolute atomic E-state index is 14.4. The van der Waals surface area contributed by atoms with Crippen LogP contribution in [0, 0.1) is 5.82 Å². The number of benzene rings is 1. The monoisotopic (exact) mass is 382 g/mol. The minimum absolute atomic E-state index is 0.0919. The van der Waals surface area contributed by atoms with Crippen LogP contribution in [0.3, 0.4) is 0 Å². The summed E-state index contributed by atoms with van der Waals surface area (Å²) >= 11 is 0. The van der Waals surface area contributed by atoms with Crippen LogP contribution in [-0.4, -0.2) is 28.5 Å². The van der Waals surface area contributed by atoms with Gasteiger partial charge in [-0.3, -0.25) is 14.6 Å². The van der Waals surface area contributed by atoms with E-state index < -0.39 is 17.9 Å². The molecule has 0 aliphatic carbocycles. The minimum Gasteiger partial charge on any atom is -0.365 e. The maximum Gasteiger partial charge on any atom is 0.252 e. The number of hydrogen-bond donors (Lipinski definition) is 4. The molecule has 0 aliphatic rings. The molecule has 8 nitrogen and oxygen atoms in total. The third kappa shape index (κ3) is 4.14. The van der Waals surface area contributed by atoms with Crippen molar-refractivity contribution in [3.05, 3.63) is 54.0 Å². The molecule has 3 aromatic rings. The molecule has 0 fully saturated rings. The number of fused-ring (bicyclic) bond motifs is 1. The van der Waals surface area contributed by atoms with E-state index in [1.54, 1.807) is 12.3 Å². The number of nitrogens with zero attached hydrogens (tertiary/aromatic N) is 2. The number of amides is 2. The van der Waals surface area contributed by atoms with Gasteiger partial charge in [-0.05, 0) is 36.8 Å². The highest BCUT2D eigenvalue weighted by atomic mass is 19.1. The fraction of sp³-hybridized carbons (Fsp3) is 0.158. The summed E-state index contributed by atoms with van der Waals surface area (Å²) in [5, 5.41) is 9.19. The molecule has 0 aliphatic heterocycles. The molecule has 0 bridgehead atoms. The van der Waals surface area contributed by atoms with Crippen LogP contribution in [0.2, 0.25) is 0 Å². The molecule has 144 valence electrons. The van der Waals surface area contributed by atoms with E-state index in [-0.39, 0.29) is 17.2 Å². The molecule has 2 aromatic heterocycles. The largest absolute Gasteiger partial charge is 0.365 e. The molecule has 0 spiro atoms. The van der Waals surface area contributed by atoms with E-state index in [1.165, 1.54) is 0 Å². The SMILES string of the molecule is CC[C@H](NC=O)Nc1nc(Nc2ccc3ncccc3c2)c(C(N)=O)cc1F. The van der Waals surface area contributed by atoms with Crippen LogP contribution in [0.4, 0.5) is 21.7 Å². The molecule has 9 heteroatoms. The Bertz CT molecular complexity index is 1030. The van der Waals surface area contributed by atoms with Gasteiger partial charge in [0.2, 0.25) is 6.41 Å². The highest BCUT2D eigenvalue weighted by Gasteiger charge is 2.18. The Morgan fingerprint density at radius 3 is 2.82 bits per heavy atom. The van der Waals surface area contributed by atoms with Gasteiger partial charge in [-0.25, -0.2) is 9.37 Å². The van der Waals surface area contributed by atoms with Crippen molar-refractivity contribution in [2.24, 2.45) is 5.73 Å². The molecule has 0 saturated carbocycles. The first kappa shape index (κ1) is 19.0. The lowest BCUT2D eigenvalue weighted by Gasteiger charge is -2.18. The molecular weight excluding hydrogens is 363 g/mol. The van der Waals surface area contributed by atoms with Gasteiger partial charge < -0.3 is 21.7 Å². The average molecular weight is 382 g/mol. The minimum atomic E-state index is -0.819. The van der Waals surface area contributed by atoms with Gasteiger partial charge in [0.05, 0.1) is 17.2 Å². The van der Waals surface area contributed by atoms with Crippen molar-refractivity contribution in [3.63, 3.8) is 0 Å². The van der Waals surface area contributed by atoms with Crippen molar-refractivity contribution in [2.45, 2.75) is 19.5 Å². The molecule has 0 radical (unpaired) electrons. The van der Waals surface area contributed by atoms with Crippen molar-refractivity contribution in [1.29, 1.82) is 0 Å². The number of aromatic nitrogens is 2. The summed E-state index contributed by atoms with van der Waals surface area (Å²) in [6.45, 7) is 1.81. The topological polar surface area (TPSA) is 122 Å². The van der Waals surface area contributed by atoms with Crippen molar-refractivity contribution < 1.29 is 14.0 Å². The zero-order valence-corrected chi connectivity index (χ0v) is 15.1. The van der Waals surface area contributed by atoms with E-state index in [0.717, 1.165) is 17.0 Å². The second kappa shape index (κ2) is 8.30. The van der Waals surface area contributed by atoms with Crippen LogP contribution < -0.4 is 21.7 Å². The van der Waals surface area contributed by atoms with Gasteiger partial charge >= 0.3 is 0 Å². The van der Waals surface area contributed by atoms with Crippen LogP contribution >= 0.6 is 0 Å². The Morgan fingerprint density at radius 1 is 1.29 bits per heavy atom. The Kier molecular flexibility index (Phi) is 5.64. The van der Waals surface area contributed by atoms with Crippen LogP contribution in [0.5, 0.6) is 0 Å². The second-order valence-electron chi connectivity index (χ2n) is 6.00. The lowest BCUT2D eigenvalue weighted by atomic mass is 10.2. The van der Waals surface area contributed by atoms with Gasteiger partial charge in [-0.1, -0.05) is 13.0 Å². The van der Waals surface area contributed by atoms with Crippen LogP contribution in [0.15, 0.2) is 42.6 Å². The predicted octanol–water partition coefficient (Wildman–Crippen LogP) is 2.51. The predicted molar refractivity (Wildman–Crippen MR) is 105 cm³/mol.